The minimum atomic E-state index is -1.10. The molecular formula is C16H19NO4. The lowest BCUT2D eigenvalue weighted by Gasteiger charge is -2.13. The molecule has 1 fully saturated rings. The molecule has 2 aliphatic carbocycles. The molecule has 0 saturated heterocycles. The lowest BCUT2D eigenvalue weighted by Crippen LogP contribution is -2.42. The fraction of sp³-hybridized carbons (Fsp3) is 0.500. The number of benzene rings is 1. The second-order valence-corrected chi connectivity index (χ2v) is 5.86. The van der Waals surface area contributed by atoms with Gasteiger partial charge >= 0.3 is 5.97 Å². The molecule has 5 nitrogen and oxygen atoms in total. The molecule has 2 aliphatic rings. The third-order valence-electron chi connectivity index (χ3n) is 4.66. The van der Waals surface area contributed by atoms with Crippen molar-refractivity contribution in [2.24, 2.45) is 11.8 Å². The molecule has 0 aromatic heterocycles. The second kappa shape index (κ2) is 5.48. The molecule has 21 heavy (non-hydrogen) atoms. The average Bonchev–Trinajstić information content (AvgIpc) is 3.21. The molecule has 0 radical (unpaired) electrons. The fourth-order valence-electron chi connectivity index (χ4n) is 3.58. The van der Waals surface area contributed by atoms with E-state index in [0.717, 1.165) is 12.8 Å². The maximum absolute atomic E-state index is 12.3. The van der Waals surface area contributed by atoms with Crippen LogP contribution in [0.5, 0.6) is 0 Å². The van der Waals surface area contributed by atoms with Crippen molar-refractivity contribution < 1.29 is 19.8 Å². The lowest BCUT2D eigenvalue weighted by molar-refractivity contribution is -0.142. The zero-order valence-corrected chi connectivity index (χ0v) is 11.7. The predicted molar refractivity (Wildman–Crippen MR) is 75.8 cm³/mol. The number of amides is 1. The van der Waals surface area contributed by atoms with Crippen LogP contribution in [0.15, 0.2) is 24.3 Å². The first kappa shape index (κ1) is 14.1. The Morgan fingerprint density at radius 3 is 2.81 bits per heavy atom. The summed E-state index contributed by atoms with van der Waals surface area (Å²) in [6.45, 7) is -0.252. The molecule has 5 heteroatoms. The Labute approximate surface area is 123 Å². The Balaban J connectivity index is 1.70. The number of carbonyl (C=O) groups excluding carboxylic acids is 1. The Bertz CT molecular complexity index is 571. The summed E-state index contributed by atoms with van der Waals surface area (Å²) < 4.78 is 0. The third-order valence-corrected chi connectivity index (χ3v) is 4.66. The zero-order valence-electron chi connectivity index (χ0n) is 11.7. The predicted octanol–water partition coefficient (Wildman–Crippen LogP) is 0.914. The first-order valence-corrected chi connectivity index (χ1v) is 7.35. The highest BCUT2D eigenvalue weighted by Crippen LogP contribution is 2.59. The number of fused-ring (bicyclic) bond motifs is 3. The van der Waals surface area contributed by atoms with Crippen LogP contribution in [-0.4, -0.2) is 34.7 Å². The van der Waals surface area contributed by atoms with E-state index in [1.54, 1.807) is 0 Å². The summed E-state index contributed by atoms with van der Waals surface area (Å²) in [5, 5.41) is 20.5. The number of hydrogen-bond donors (Lipinski definition) is 3. The molecule has 1 saturated carbocycles. The first-order valence-electron chi connectivity index (χ1n) is 7.35. The van der Waals surface area contributed by atoms with Crippen LogP contribution >= 0.6 is 0 Å². The fourth-order valence-corrected chi connectivity index (χ4v) is 3.58. The van der Waals surface area contributed by atoms with E-state index in [1.165, 1.54) is 11.1 Å². The monoisotopic (exact) mass is 289 g/mol. The van der Waals surface area contributed by atoms with Gasteiger partial charge in [-0.15, -0.1) is 0 Å². The molecule has 0 heterocycles. The van der Waals surface area contributed by atoms with E-state index in [9.17, 15) is 9.59 Å². The number of carboxylic acids is 1. The van der Waals surface area contributed by atoms with Crippen LogP contribution in [0.4, 0.5) is 0 Å². The van der Waals surface area contributed by atoms with Crippen molar-refractivity contribution >= 4 is 11.9 Å². The molecule has 112 valence electrons. The molecule has 1 aromatic carbocycles. The van der Waals surface area contributed by atoms with Crippen molar-refractivity contribution in [3.63, 3.8) is 0 Å². The summed E-state index contributed by atoms with van der Waals surface area (Å²) >= 11 is 0. The summed E-state index contributed by atoms with van der Waals surface area (Å²) in [6.07, 6.45) is 2.01. The summed E-state index contributed by atoms with van der Waals surface area (Å²) in [5.74, 6) is -0.833. The largest absolute Gasteiger partial charge is 0.480 e. The van der Waals surface area contributed by atoms with Crippen LogP contribution in [0.2, 0.25) is 0 Å². The van der Waals surface area contributed by atoms with Gasteiger partial charge in [0.2, 0.25) is 5.91 Å². The molecule has 3 N–H and O–H groups in total. The average molecular weight is 289 g/mol. The van der Waals surface area contributed by atoms with Crippen molar-refractivity contribution in [2.75, 3.05) is 6.61 Å². The van der Waals surface area contributed by atoms with Gasteiger partial charge in [-0.05, 0) is 35.8 Å². The minimum Gasteiger partial charge on any atom is -0.480 e. The molecular weight excluding hydrogens is 270 g/mol. The molecule has 4 atom stereocenters. The number of aliphatic hydroxyl groups excluding tert-OH is 1. The van der Waals surface area contributed by atoms with Gasteiger partial charge in [0.1, 0.15) is 6.04 Å². The van der Waals surface area contributed by atoms with Crippen LogP contribution in [0.3, 0.4) is 0 Å². The van der Waals surface area contributed by atoms with Crippen molar-refractivity contribution in [3.05, 3.63) is 35.4 Å². The van der Waals surface area contributed by atoms with Crippen molar-refractivity contribution in [1.29, 1.82) is 0 Å². The summed E-state index contributed by atoms with van der Waals surface area (Å²) in [6, 6.07) is 7.17. The number of aliphatic hydroxyl groups is 1. The van der Waals surface area contributed by atoms with Gasteiger partial charge in [-0.2, -0.15) is 0 Å². The van der Waals surface area contributed by atoms with E-state index in [0.29, 0.717) is 5.92 Å². The topological polar surface area (TPSA) is 86.6 Å². The molecule has 3 rings (SSSR count). The molecule has 0 aliphatic heterocycles. The maximum atomic E-state index is 12.3. The number of carboxylic acid groups (broad SMARTS) is 1. The number of hydrogen-bond acceptors (Lipinski definition) is 3. The van der Waals surface area contributed by atoms with Crippen molar-refractivity contribution in [2.45, 2.75) is 31.2 Å². The lowest BCUT2D eigenvalue weighted by atomic mass is 9.92. The molecule has 1 amide bonds. The highest BCUT2D eigenvalue weighted by molar-refractivity contribution is 5.88. The number of nitrogens with one attached hydrogen (secondary N) is 1. The van der Waals surface area contributed by atoms with Crippen LogP contribution < -0.4 is 5.32 Å². The van der Waals surface area contributed by atoms with E-state index in [-0.39, 0.29) is 30.8 Å². The highest BCUT2D eigenvalue weighted by Gasteiger charge is 2.57. The zero-order chi connectivity index (χ0) is 15.0. The smallest absolute Gasteiger partial charge is 0.326 e. The van der Waals surface area contributed by atoms with Gasteiger partial charge in [0, 0.05) is 18.9 Å². The Morgan fingerprint density at radius 1 is 1.33 bits per heavy atom. The number of aryl methyl sites for hydroxylation is 1. The number of rotatable bonds is 5. The Kier molecular flexibility index (Phi) is 3.68. The molecule has 0 spiro atoms. The first-order chi connectivity index (χ1) is 10.1. The van der Waals surface area contributed by atoms with E-state index in [2.05, 4.69) is 17.4 Å². The molecule has 0 bridgehead atoms. The summed E-state index contributed by atoms with van der Waals surface area (Å²) in [7, 11) is 0. The van der Waals surface area contributed by atoms with Gasteiger partial charge < -0.3 is 15.5 Å². The van der Waals surface area contributed by atoms with Gasteiger partial charge in [0.25, 0.3) is 0 Å². The van der Waals surface area contributed by atoms with Crippen LogP contribution in [-0.2, 0) is 16.0 Å². The van der Waals surface area contributed by atoms with Gasteiger partial charge in [0.05, 0.1) is 0 Å². The van der Waals surface area contributed by atoms with Crippen LogP contribution in [0, 0.1) is 11.8 Å². The van der Waals surface area contributed by atoms with Crippen molar-refractivity contribution in [3.8, 4) is 0 Å². The minimum absolute atomic E-state index is 0.0414. The van der Waals surface area contributed by atoms with Gasteiger partial charge in [-0.1, -0.05) is 24.3 Å². The van der Waals surface area contributed by atoms with E-state index in [4.69, 9.17) is 10.2 Å². The number of carbonyl (C=O) groups is 2. The van der Waals surface area contributed by atoms with Crippen LogP contribution in [0.25, 0.3) is 0 Å². The van der Waals surface area contributed by atoms with Crippen molar-refractivity contribution in [1.82, 2.24) is 5.32 Å². The van der Waals surface area contributed by atoms with E-state index < -0.39 is 12.0 Å². The normalized spacial score (nSPS) is 27.2. The molecule has 3 unspecified atom stereocenters. The summed E-state index contributed by atoms with van der Waals surface area (Å²) in [5.41, 5.74) is 2.54. The van der Waals surface area contributed by atoms with Gasteiger partial charge in [-0.3, -0.25) is 4.79 Å². The maximum Gasteiger partial charge on any atom is 0.326 e. The Morgan fingerprint density at radius 2 is 2.10 bits per heavy atom. The highest BCUT2D eigenvalue weighted by atomic mass is 16.4. The quantitative estimate of drug-likeness (QED) is 0.752. The van der Waals surface area contributed by atoms with Gasteiger partial charge in [-0.25, -0.2) is 4.79 Å². The SMILES string of the molecule is O=C(N[C@H](CCO)C(=O)O)C1C2CCc3ccccc3C21. The second-order valence-electron chi connectivity index (χ2n) is 5.86. The van der Waals surface area contributed by atoms with E-state index >= 15 is 0 Å². The van der Waals surface area contributed by atoms with E-state index in [1.807, 2.05) is 12.1 Å². The Hall–Kier alpha value is -1.88. The van der Waals surface area contributed by atoms with Gasteiger partial charge in [0.15, 0.2) is 0 Å². The standard InChI is InChI=1S/C16H19NO4/c18-8-7-12(16(20)21)17-15(19)14-11-6-5-9-3-1-2-4-10(9)13(11)14/h1-4,11-14,18H,5-8H2,(H,17,19)(H,20,21)/t11?,12-,13?,14?/m1/s1. The number of aliphatic carboxylic acids is 1. The third kappa shape index (κ3) is 2.53. The summed E-state index contributed by atoms with van der Waals surface area (Å²) in [4.78, 5) is 23.4. The molecule has 1 aromatic rings. The van der Waals surface area contributed by atoms with Crippen LogP contribution in [0.1, 0.15) is 29.9 Å².